The Morgan fingerprint density at radius 1 is 0.892 bits per heavy atom. The summed E-state index contributed by atoms with van der Waals surface area (Å²) in [6.07, 6.45) is -8.26. The smallest absolute Gasteiger partial charge is 0.416 e. The summed E-state index contributed by atoms with van der Waals surface area (Å²) in [5.74, 6) is -0.172. The summed E-state index contributed by atoms with van der Waals surface area (Å²) in [5.41, 5.74) is -0.747. The molecule has 2 aromatic rings. The summed E-state index contributed by atoms with van der Waals surface area (Å²) < 4.78 is 104. The number of rotatable bonds is 6. The lowest BCUT2D eigenvalue weighted by atomic mass is 9.86. The third-order valence-electron chi connectivity index (χ3n) is 6.22. The van der Waals surface area contributed by atoms with Gasteiger partial charge in [-0.15, -0.1) is 0 Å². The number of hydrogen-bond donors (Lipinski definition) is 0. The molecule has 0 fully saturated rings. The lowest BCUT2D eigenvalue weighted by molar-refractivity contribution is -0.143. The lowest BCUT2D eigenvalue weighted by Crippen LogP contribution is -2.33. The van der Waals surface area contributed by atoms with E-state index in [1.165, 1.54) is 13.2 Å². The van der Waals surface area contributed by atoms with Gasteiger partial charge in [-0.1, -0.05) is 0 Å². The summed E-state index contributed by atoms with van der Waals surface area (Å²) >= 11 is 0. The first-order valence-electron chi connectivity index (χ1n) is 11.4. The number of ether oxygens (including phenoxy) is 2. The van der Waals surface area contributed by atoms with E-state index in [0.29, 0.717) is 36.1 Å². The minimum Gasteiger partial charge on any atom is -0.496 e. The van der Waals surface area contributed by atoms with Gasteiger partial charge in [-0.3, -0.25) is 4.90 Å². The number of carbonyl (C=O) groups is 1. The predicted octanol–water partition coefficient (Wildman–Crippen LogP) is 7.78. The molecule has 0 unspecified atom stereocenters. The van der Waals surface area contributed by atoms with Crippen molar-refractivity contribution in [1.82, 2.24) is 4.90 Å². The van der Waals surface area contributed by atoms with Gasteiger partial charge < -0.3 is 9.47 Å². The molecule has 1 aliphatic rings. The molecule has 0 heterocycles. The van der Waals surface area contributed by atoms with Crippen LogP contribution in [0, 0.1) is 12.7 Å². The average Bonchev–Trinajstić information content (AvgIpc) is 2.83. The highest BCUT2D eigenvalue weighted by molar-refractivity contribution is 5.76. The van der Waals surface area contributed by atoms with Crippen LogP contribution in [0.5, 0.6) is 5.75 Å². The minimum atomic E-state index is -5.01. The molecular weight excluding hydrogens is 507 g/mol. The first-order valence-corrected chi connectivity index (χ1v) is 11.4. The second-order valence-electron chi connectivity index (χ2n) is 8.83. The maximum Gasteiger partial charge on any atom is 0.416 e. The van der Waals surface area contributed by atoms with Crippen LogP contribution in [0.3, 0.4) is 0 Å². The van der Waals surface area contributed by atoms with E-state index in [1.54, 1.807) is 13.0 Å². The monoisotopic (exact) mass is 533 g/mol. The third kappa shape index (κ3) is 6.75. The van der Waals surface area contributed by atoms with Crippen LogP contribution >= 0.6 is 0 Å². The Labute approximate surface area is 209 Å². The van der Waals surface area contributed by atoms with E-state index in [4.69, 9.17) is 9.47 Å². The molecule has 0 atom stereocenters. The zero-order chi connectivity index (χ0) is 27.5. The number of hydrogen-bond acceptors (Lipinski definition) is 3. The molecule has 0 saturated carbocycles. The fourth-order valence-electron chi connectivity index (χ4n) is 4.41. The number of aryl methyl sites for hydroxylation is 1. The van der Waals surface area contributed by atoms with Crippen molar-refractivity contribution in [3.05, 3.63) is 69.5 Å². The molecule has 0 aromatic heterocycles. The molecule has 0 aliphatic heterocycles. The fraction of sp³-hybridized carbons (Fsp3) is 0.423. The van der Waals surface area contributed by atoms with E-state index in [-0.39, 0.29) is 23.9 Å². The van der Waals surface area contributed by atoms with E-state index in [0.717, 1.165) is 36.0 Å². The van der Waals surface area contributed by atoms with Crippen LogP contribution < -0.4 is 4.74 Å². The Morgan fingerprint density at radius 2 is 1.49 bits per heavy atom. The highest BCUT2D eigenvalue weighted by atomic mass is 19.4. The van der Waals surface area contributed by atoms with Gasteiger partial charge in [0.2, 0.25) is 0 Å². The molecule has 3 rings (SSSR count). The highest BCUT2D eigenvalue weighted by Gasteiger charge is 2.37. The first-order chi connectivity index (χ1) is 17.2. The number of methoxy groups -OCH3 is 2. The van der Waals surface area contributed by atoms with Gasteiger partial charge in [-0.2, -0.15) is 26.3 Å². The summed E-state index contributed by atoms with van der Waals surface area (Å²) in [6, 6.07) is 4.10. The molecule has 0 radical (unpaired) electrons. The Bertz CT molecular complexity index is 1150. The van der Waals surface area contributed by atoms with E-state index in [9.17, 15) is 35.5 Å². The van der Waals surface area contributed by atoms with Gasteiger partial charge in [0, 0.05) is 24.7 Å². The molecule has 2 aromatic carbocycles. The maximum absolute atomic E-state index is 14.1. The van der Waals surface area contributed by atoms with Gasteiger partial charge in [0.15, 0.2) is 0 Å². The predicted molar refractivity (Wildman–Crippen MR) is 122 cm³/mol. The molecule has 0 N–H and O–H groups in total. The molecular formula is C26H26F7NO3. The zero-order valence-corrected chi connectivity index (χ0v) is 20.4. The largest absolute Gasteiger partial charge is 0.496 e. The SMILES string of the molecule is COC(=O)N(CC1=C(c2cc(C)c(F)cc2OC)CCCC1)Cc1cc(C(F)(F)F)cc(C(F)(F)F)c1. The number of allylic oxidation sites excluding steroid dienone is 1. The molecule has 0 saturated heterocycles. The number of carbonyl (C=O) groups excluding carboxylic acids is 1. The summed E-state index contributed by atoms with van der Waals surface area (Å²) in [4.78, 5) is 13.6. The molecule has 4 nitrogen and oxygen atoms in total. The second kappa shape index (κ2) is 11.0. The molecule has 11 heteroatoms. The van der Waals surface area contributed by atoms with Crippen molar-refractivity contribution in [1.29, 1.82) is 0 Å². The van der Waals surface area contributed by atoms with Crippen molar-refractivity contribution >= 4 is 11.7 Å². The summed E-state index contributed by atoms with van der Waals surface area (Å²) in [5, 5.41) is 0. The van der Waals surface area contributed by atoms with Crippen molar-refractivity contribution < 1.29 is 45.0 Å². The number of alkyl halides is 6. The average molecular weight is 533 g/mol. The summed E-state index contributed by atoms with van der Waals surface area (Å²) in [7, 11) is 2.47. The van der Waals surface area contributed by atoms with Crippen LogP contribution in [0.25, 0.3) is 5.57 Å². The molecule has 1 amide bonds. The molecule has 0 spiro atoms. The topological polar surface area (TPSA) is 38.8 Å². The van der Waals surface area contributed by atoms with E-state index < -0.39 is 41.9 Å². The molecule has 202 valence electrons. The number of halogens is 7. The van der Waals surface area contributed by atoms with Gasteiger partial charge in [-0.25, -0.2) is 9.18 Å². The summed E-state index contributed by atoms with van der Waals surface area (Å²) in [6.45, 7) is 0.948. The Balaban J connectivity index is 2.05. The molecule has 0 bridgehead atoms. The van der Waals surface area contributed by atoms with Gasteiger partial charge >= 0.3 is 18.4 Å². The maximum atomic E-state index is 14.1. The Morgan fingerprint density at radius 3 is 2.03 bits per heavy atom. The van der Waals surface area contributed by atoms with E-state index in [1.807, 2.05) is 0 Å². The van der Waals surface area contributed by atoms with Crippen molar-refractivity contribution in [2.24, 2.45) is 0 Å². The van der Waals surface area contributed by atoms with Crippen molar-refractivity contribution in [3.63, 3.8) is 0 Å². The fourth-order valence-corrected chi connectivity index (χ4v) is 4.41. The minimum absolute atomic E-state index is 0.0386. The van der Waals surface area contributed by atoms with Crippen LogP contribution in [-0.4, -0.2) is 31.8 Å². The van der Waals surface area contributed by atoms with E-state index >= 15 is 0 Å². The Hall–Kier alpha value is -3.24. The molecule has 1 aliphatic carbocycles. The van der Waals surface area contributed by atoms with E-state index in [2.05, 4.69) is 0 Å². The number of nitrogens with zero attached hydrogens (tertiary/aromatic N) is 1. The second-order valence-corrected chi connectivity index (χ2v) is 8.83. The number of benzene rings is 2. The van der Waals surface area contributed by atoms with Gasteiger partial charge in [0.25, 0.3) is 0 Å². The number of amides is 1. The standard InChI is InChI=1S/C26H26F7NO3/c1-15-8-21(23(36-2)12-22(15)27)20-7-5-4-6-17(20)14-34(24(35)37-3)13-16-9-18(25(28,29)30)11-19(10-16)26(31,32)33/h8-12H,4-7,13-14H2,1-3H3. The van der Waals surface area contributed by atoms with Crippen molar-refractivity contribution in [2.75, 3.05) is 20.8 Å². The van der Waals surface area contributed by atoms with Crippen LogP contribution in [0.2, 0.25) is 0 Å². The molecule has 37 heavy (non-hydrogen) atoms. The zero-order valence-electron chi connectivity index (χ0n) is 20.4. The van der Waals surface area contributed by atoms with Crippen molar-refractivity contribution in [2.45, 2.75) is 51.5 Å². The Kier molecular flexibility index (Phi) is 8.44. The van der Waals surface area contributed by atoms with Crippen LogP contribution in [0.4, 0.5) is 35.5 Å². The normalized spacial score (nSPS) is 14.5. The lowest BCUT2D eigenvalue weighted by Gasteiger charge is -2.28. The van der Waals surface area contributed by atoms with Gasteiger partial charge in [-0.05, 0) is 79.1 Å². The first kappa shape index (κ1) is 28.3. The van der Waals surface area contributed by atoms with Gasteiger partial charge in [0.05, 0.1) is 25.3 Å². The van der Waals surface area contributed by atoms with Crippen LogP contribution in [0.15, 0.2) is 35.9 Å². The van der Waals surface area contributed by atoms with Crippen LogP contribution in [-0.2, 0) is 23.6 Å². The quantitative estimate of drug-likeness (QED) is 0.356. The van der Waals surface area contributed by atoms with Crippen LogP contribution in [0.1, 0.15) is 53.5 Å². The van der Waals surface area contributed by atoms with Gasteiger partial charge in [0.1, 0.15) is 11.6 Å². The third-order valence-corrected chi connectivity index (χ3v) is 6.22. The van der Waals surface area contributed by atoms with Crippen molar-refractivity contribution in [3.8, 4) is 5.75 Å². The highest BCUT2D eigenvalue weighted by Crippen LogP contribution is 2.39.